The van der Waals surface area contributed by atoms with Gasteiger partial charge in [-0.3, -0.25) is 4.79 Å². The molecule has 1 amide bonds. The smallest absolute Gasteiger partial charge is 0.230 e. The predicted octanol–water partition coefficient (Wildman–Crippen LogP) is 1.22. The standard InChI is InChI=1S/C11H13ClN4O2/c12-11-15-9(13-6-1-3-18-4-2-6)7-5-8(17)14-10(7)16-11/h6H,1-5H2,(H2,13,14,15,16,17). The summed E-state index contributed by atoms with van der Waals surface area (Å²) >= 11 is 5.86. The van der Waals surface area contributed by atoms with E-state index in [0.29, 0.717) is 24.1 Å². The lowest BCUT2D eigenvalue weighted by Gasteiger charge is -2.24. The number of fused-ring (bicyclic) bond motifs is 1. The van der Waals surface area contributed by atoms with E-state index in [0.717, 1.165) is 31.6 Å². The molecular formula is C11H13ClN4O2. The second-order valence-corrected chi connectivity index (χ2v) is 4.76. The van der Waals surface area contributed by atoms with Crippen LogP contribution in [0.1, 0.15) is 18.4 Å². The lowest BCUT2D eigenvalue weighted by molar-refractivity contribution is -0.115. The molecule has 0 spiro atoms. The van der Waals surface area contributed by atoms with Crippen LogP contribution in [0.5, 0.6) is 0 Å². The zero-order valence-electron chi connectivity index (χ0n) is 9.70. The second kappa shape index (κ2) is 4.70. The quantitative estimate of drug-likeness (QED) is 0.789. The molecular weight excluding hydrogens is 256 g/mol. The molecule has 6 nitrogen and oxygen atoms in total. The van der Waals surface area contributed by atoms with Crippen molar-refractivity contribution < 1.29 is 9.53 Å². The molecule has 2 N–H and O–H groups in total. The summed E-state index contributed by atoms with van der Waals surface area (Å²) in [6, 6.07) is 0.310. The highest BCUT2D eigenvalue weighted by molar-refractivity contribution is 6.28. The minimum absolute atomic E-state index is 0.0726. The predicted molar refractivity (Wildman–Crippen MR) is 66.8 cm³/mol. The molecule has 0 radical (unpaired) electrons. The molecule has 1 aromatic heterocycles. The van der Waals surface area contributed by atoms with Crippen LogP contribution in [-0.4, -0.2) is 35.1 Å². The Balaban J connectivity index is 1.85. The fourth-order valence-electron chi connectivity index (χ4n) is 2.22. The Bertz CT molecular complexity index is 488. The molecule has 0 unspecified atom stereocenters. The van der Waals surface area contributed by atoms with E-state index in [4.69, 9.17) is 16.3 Å². The highest BCUT2D eigenvalue weighted by Gasteiger charge is 2.26. The zero-order chi connectivity index (χ0) is 12.5. The van der Waals surface area contributed by atoms with E-state index in [1.807, 2.05) is 0 Å². The molecule has 0 atom stereocenters. The van der Waals surface area contributed by atoms with Crippen LogP contribution >= 0.6 is 11.6 Å². The van der Waals surface area contributed by atoms with E-state index in [1.54, 1.807) is 0 Å². The van der Waals surface area contributed by atoms with Gasteiger partial charge in [0.2, 0.25) is 11.2 Å². The van der Waals surface area contributed by atoms with E-state index >= 15 is 0 Å². The number of ether oxygens (including phenoxy) is 1. The lowest BCUT2D eigenvalue weighted by Crippen LogP contribution is -2.28. The van der Waals surface area contributed by atoms with E-state index < -0.39 is 0 Å². The van der Waals surface area contributed by atoms with Gasteiger partial charge >= 0.3 is 0 Å². The second-order valence-electron chi connectivity index (χ2n) is 4.42. The summed E-state index contributed by atoms with van der Waals surface area (Å²) in [5.41, 5.74) is 0.802. The summed E-state index contributed by atoms with van der Waals surface area (Å²) in [7, 11) is 0. The normalized spacial score (nSPS) is 19.5. The topological polar surface area (TPSA) is 76.1 Å². The molecule has 2 aliphatic heterocycles. The molecule has 0 aromatic carbocycles. The molecule has 1 fully saturated rings. The summed E-state index contributed by atoms with van der Waals surface area (Å²) in [5, 5.41) is 6.16. The van der Waals surface area contributed by atoms with Crippen molar-refractivity contribution in [2.24, 2.45) is 0 Å². The van der Waals surface area contributed by atoms with Gasteiger partial charge in [0, 0.05) is 24.8 Å². The molecule has 0 saturated carbocycles. The van der Waals surface area contributed by atoms with Gasteiger partial charge in [-0.2, -0.15) is 4.98 Å². The van der Waals surface area contributed by atoms with Gasteiger partial charge in [0.25, 0.3) is 0 Å². The van der Waals surface area contributed by atoms with Crippen molar-refractivity contribution >= 4 is 29.1 Å². The van der Waals surface area contributed by atoms with E-state index in [1.165, 1.54) is 0 Å². The van der Waals surface area contributed by atoms with Crippen molar-refractivity contribution in [3.8, 4) is 0 Å². The Morgan fingerprint density at radius 1 is 1.33 bits per heavy atom. The third-order valence-corrected chi connectivity index (χ3v) is 3.31. The molecule has 1 aromatic rings. The third kappa shape index (κ3) is 2.26. The average molecular weight is 269 g/mol. The van der Waals surface area contributed by atoms with Gasteiger partial charge in [0.05, 0.1) is 6.42 Å². The number of nitrogens with one attached hydrogen (secondary N) is 2. The maximum Gasteiger partial charge on any atom is 0.230 e. The van der Waals surface area contributed by atoms with Crippen LogP contribution in [0.2, 0.25) is 5.28 Å². The molecule has 0 aliphatic carbocycles. The zero-order valence-corrected chi connectivity index (χ0v) is 10.5. The number of halogens is 1. The highest BCUT2D eigenvalue weighted by atomic mass is 35.5. The first-order valence-corrected chi connectivity index (χ1v) is 6.31. The van der Waals surface area contributed by atoms with E-state index in [-0.39, 0.29) is 11.2 Å². The third-order valence-electron chi connectivity index (χ3n) is 3.14. The van der Waals surface area contributed by atoms with Crippen molar-refractivity contribution in [3.63, 3.8) is 0 Å². The Morgan fingerprint density at radius 2 is 2.11 bits per heavy atom. The SMILES string of the molecule is O=C1Cc2c(nc(Cl)nc2NC2CCOCC2)N1. The van der Waals surface area contributed by atoms with Crippen molar-refractivity contribution in [2.45, 2.75) is 25.3 Å². The van der Waals surface area contributed by atoms with Gasteiger partial charge in [-0.15, -0.1) is 0 Å². The Labute approximate surface area is 109 Å². The maximum atomic E-state index is 11.4. The first-order valence-electron chi connectivity index (χ1n) is 5.93. The molecule has 3 heterocycles. The number of hydrogen-bond donors (Lipinski definition) is 2. The number of amides is 1. The van der Waals surface area contributed by atoms with Crippen LogP contribution in [0.15, 0.2) is 0 Å². The largest absolute Gasteiger partial charge is 0.381 e. The molecule has 7 heteroatoms. The minimum atomic E-state index is -0.0726. The van der Waals surface area contributed by atoms with Crippen molar-refractivity contribution in [3.05, 3.63) is 10.8 Å². The van der Waals surface area contributed by atoms with Crippen LogP contribution in [0.4, 0.5) is 11.6 Å². The fraction of sp³-hybridized carbons (Fsp3) is 0.545. The number of rotatable bonds is 2. The first kappa shape index (κ1) is 11.7. The summed E-state index contributed by atoms with van der Waals surface area (Å²) in [5.74, 6) is 1.11. The number of carbonyl (C=O) groups excluding carboxylic acids is 1. The Morgan fingerprint density at radius 3 is 2.89 bits per heavy atom. The summed E-state index contributed by atoms with van der Waals surface area (Å²) in [6.07, 6.45) is 2.16. The van der Waals surface area contributed by atoms with Crippen LogP contribution in [0.25, 0.3) is 0 Å². The van der Waals surface area contributed by atoms with Crippen LogP contribution in [-0.2, 0) is 16.0 Å². The summed E-state index contributed by atoms with van der Waals surface area (Å²) in [6.45, 7) is 1.49. The van der Waals surface area contributed by atoms with Crippen molar-refractivity contribution in [1.29, 1.82) is 0 Å². The van der Waals surface area contributed by atoms with Gasteiger partial charge in [0.1, 0.15) is 11.6 Å². The minimum Gasteiger partial charge on any atom is -0.381 e. The van der Waals surface area contributed by atoms with Gasteiger partial charge in [0.15, 0.2) is 0 Å². The lowest BCUT2D eigenvalue weighted by atomic mass is 10.1. The van der Waals surface area contributed by atoms with Crippen molar-refractivity contribution in [2.75, 3.05) is 23.8 Å². The van der Waals surface area contributed by atoms with Gasteiger partial charge < -0.3 is 15.4 Å². The molecule has 2 aliphatic rings. The Kier molecular flexibility index (Phi) is 3.05. The maximum absolute atomic E-state index is 11.4. The molecule has 96 valence electrons. The number of nitrogens with zero attached hydrogens (tertiary/aromatic N) is 2. The van der Waals surface area contributed by atoms with Crippen molar-refractivity contribution in [1.82, 2.24) is 9.97 Å². The number of aromatic nitrogens is 2. The van der Waals surface area contributed by atoms with E-state index in [2.05, 4.69) is 20.6 Å². The fourth-order valence-corrected chi connectivity index (χ4v) is 2.39. The summed E-state index contributed by atoms with van der Waals surface area (Å²) < 4.78 is 5.31. The Hall–Kier alpha value is -1.40. The van der Waals surface area contributed by atoms with E-state index in [9.17, 15) is 4.79 Å². The monoisotopic (exact) mass is 268 g/mol. The average Bonchev–Trinajstić information content (AvgIpc) is 2.71. The molecule has 3 rings (SSSR count). The number of hydrogen-bond acceptors (Lipinski definition) is 5. The molecule has 18 heavy (non-hydrogen) atoms. The number of anilines is 2. The molecule has 1 saturated heterocycles. The van der Waals surface area contributed by atoms with Crippen LogP contribution in [0.3, 0.4) is 0 Å². The summed E-state index contributed by atoms with van der Waals surface area (Å²) in [4.78, 5) is 19.6. The van der Waals surface area contributed by atoms with Gasteiger partial charge in [-0.25, -0.2) is 4.98 Å². The number of carbonyl (C=O) groups is 1. The molecule has 0 bridgehead atoms. The highest BCUT2D eigenvalue weighted by Crippen LogP contribution is 2.29. The van der Waals surface area contributed by atoms with Crippen LogP contribution < -0.4 is 10.6 Å². The van der Waals surface area contributed by atoms with Gasteiger partial charge in [-0.1, -0.05) is 0 Å². The van der Waals surface area contributed by atoms with Gasteiger partial charge in [-0.05, 0) is 24.4 Å². The first-order chi connectivity index (χ1) is 8.72. The van der Waals surface area contributed by atoms with Crippen LogP contribution in [0, 0.1) is 0 Å².